The Kier molecular flexibility index (Phi) is 5.62. The van der Waals surface area contributed by atoms with Crippen LogP contribution in [0.4, 0.5) is 23.1 Å². The summed E-state index contributed by atoms with van der Waals surface area (Å²) >= 11 is 0. The number of benzene rings is 2. The number of nitrogens with two attached hydrogens (primary N) is 2. The molecule has 0 amide bonds. The lowest BCUT2D eigenvalue weighted by Crippen LogP contribution is -2.05. The summed E-state index contributed by atoms with van der Waals surface area (Å²) in [7, 11) is 1.64. The van der Waals surface area contributed by atoms with E-state index in [4.69, 9.17) is 20.9 Å². The van der Waals surface area contributed by atoms with Gasteiger partial charge in [-0.1, -0.05) is 12.1 Å². The van der Waals surface area contributed by atoms with E-state index in [9.17, 15) is 0 Å². The number of imidazole rings is 1. The molecule has 0 radical (unpaired) electrons. The van der Waals surface area contributed by atoms with Gasteiger partial charge >= 0.3 is 0 Å². The van der Waals surface area contributed by atoms with Gasteiger partial charge in [0.25, 0.3) is 0 Å². The van der Waals surface area contributed by atoms with Crippen molar-refractivity contribution in [3.63, 3.8) is 0 Å². The molecule has 5 N–H and O–H groups in total. The molecule has 0 unspecified atom stereocenters. The predicted molar refractivity (Wildman–Crippen MR) is 117 cm³/mol. The second-order valence-corrected chi connectivity index (χ2v) is 6.71. The molecule has 4 aromatic rings. The number of aromatic nitrogens is 4. The molecule has 30 heavy (non-hydrogen) atoms. The first-order valence-electron chi connectivity index (χ1n) is 9.44. The molecular weight excluding hydrogens is 382 g/mol. The van der Waals surface area contributed by atoms with Gasteiger partial charge in [0, 0.05) is 18.5 Å². The third kappa shape index (κ3) is 4.41. The molecule has 0 aliphatic carbocycles. The monoisotopic (exact) mass is 405 g/mol. The van der Waals surface area contributed by atoms with Crippen LogP contribution < -0.4 is 21.5 Å². The van der Waals surface area contributed by atoms with Crippen LogP contribution in [0.5, 0.6) is 5.75 Å². The number of rotatable bonds is 8. The first-order chi connectivity index (χ1) is 14.6. The number of nitrogens with zero attached hydrogens (tertiary/aromatic N) is 4. The molecule has 0 aliphatic rings. The summed E-state index contributed by atoms with van der Waals surface area (Å²) in [6.07, 6.45) is 1.70. The highest BCUT2D eigenvalue weighted by Gasteiger charge is 2.12. The highest BCUT2D eigenvalue weighted by molar-refractivity contribution is 5.83. The molecular formula is C21H23N7O2. The van der Waals surface area contributed by atoms with Crippen molar-refractivity contribution in [2.75, 3.05) is 37.1 Å². The Morgan fingerprint density at radius 1 is 1.03 bits per heavy atom. The molecule has 9 heteroatoms. The molecule has 9 nitrogen and oxygen atoms in total. The average molecular weight is 405 g/mol. The van der Waals surface area contributed by atoms with Gasteiger partial charge in [-0.15, -0.1) is 0 Å². The van der Waals surface area contributed by atoms with E-state index in [2.05, 4.69) is 20.3 Å². The Labute approximate surface area is 173 Å². The van der Waals surface area contributed by atoms with Crippen molar-refractivity contribution in [1.29, 1.82) is 0 Å². The van der Waals surface area contributed by atoms with Crippen molar-refractivity contribution >= 4 is 34.3 Å². The molecule has 0 bridgehead atoms. The summed E-state index contributed by atoms with van der Waals surface area (Å²) in [5, 5.41) is 3.18. The zero-order valence-electron chi connectivity index (χ0n) is 16.6. The van der Waals surface area contributed by atoms with Crippen molar-refractivity contribution in [2.45, 2.75) is 6.54 Å². The summed E-state index contributed by atoms with van der Waals surface area (Å²) in [5.41, 5.74) is 15.8. The third-order valence-electron chi connectivity index (χ3n) is 4.46. The van der Waals surface area contributed by atoms with E-state index in [1.807, 2.05) is 53.1 Å². The van der Waals surface area contributed by atoms with Crippen LogP contribution >= 0.6 is 0 Å². The lowest BCUT2D eigenvalue weighted by molar-refractivity contribution is 0.146. The van der Waals surface area contributed by atoms with Crippen molar-refractivity contribution in [3.05, 3.63) is 60.4 Å². The van der Waals surface area contributed by atoms with Crippen LogP contribution in [0.3, 0.4) is 0 Å². The van der Waals surface area contributed by atoms with Gasteiger partial charge in [-0.3, -0.25) is 0 Å². The summed E-state index contributed by atoms with van der Waals surface area (Å²) in [5.74, 6) is 1.46. The quantitative estimate of drug-likeness (QED) is 0.302. The number of ether oxygens (including phenoxy) is 2. The van der Waals surface area contributed by atoms with E-state index >= 15 is 0 Å². The minimum Gasteiger partial charge on any atom is -0.491 e. The van der Waals surface area contributed by atoms with Gasteiger partial charge in [0.1, 0.15) is 17.9 Å². The zero-order valence-corrected chi connectivity index (χ0v) is 16.6. The van der Waals surface area contributed by atoms with E-state index in [-0.39, 0.29) is 0 Å². The van der Waals surface area contributed by atoms with Gasteiger partial charge in [0.05, 0.1) is 19.5 Å². The van der Waals surface area contributed by atoms with Crippen molar-refractivity contribution < 1.29 is 9.47 Å². The smallest absolute Gasteiger partial charge is 0.231 e. The maximum absolute atomic E-state index is 6.11. The van der Waals surface area contributed by atoms with Gasteiger partial charge in [0.2, 0.25) is 5.95 Å². The zero-order chi connectivity index (χ0) is 20.9. The lowest BCUT2D eigenvalue weighted by atomic mass is 10.2. The highest BCUT2D eigenvalue weighted by atomic mass is 16.5. The fourth-order valence-electron chi connectivity index (χ4n) is 3.03. The lowest BCUT2D eigenvalue weighted by Gasteiger charge is -2.09. The van der Waals surface area contributed by atoms with Crippen molar-refractivity contribution in [3.8, 4) is 5.75 Å². The van der Waals surface area contributed by atoms with Gasteiger partial charge in [-0.2, -0.15) is 9.97 Å². The van der Waals surface area contributed by atoms with Gasteiger partial charge in [0.15, 0.2) is 11.5 Å². The van der Waals surface area contributed by atoms with Crippen LogP contribution in [0.15, 0.2) is 54.9 Å². The largest absolute Gasteiger partial charge is 0.491 e. The molecule has 2 aromatic carbocycles. The molecule has 2 heterocycles. The summed E-state index contributed by atoms with van der Waals surface area (Å²) < 4.78 is 12.5. The summed E-state index contributed by atoms with van der Waals surface area (Å²) in [4.78, 5) is 13.3. The predicted octanol–water partition coefficient (Wildman–Crippen LogP) is 2.81. The second-order valence-electron chi connectivity index (χ2n) is 6.71. The molecule has 2 aromatic heterocycles. The topological polar surface area (TPSA) is 126 Å². The van der Waals surface area contributed by atoms with Gasteiger partial charge in [-0.05, 0) is 42.0 Å². The molecule has 154 valence electrons. The van der Waals surface area contributed by atoms with E-state index in [0.717, 1.165) is 17.0 Å². The molecule has 0 saturated carbocycles. The fourth-order valence-corrected chi connectivity index (χ4v) is 3.03. The van der Waals surface area contributed by atoms with E-state index < -0.39 is 0 Å². The number of anilines is 4. The van der Waals surface area contributed by atoms with Gasteiger partial charge in [-0.25, -0.2) is 4.98 Å². The first kappa shape index (κ1) is 19.5. The number of hydrogen-bond donors (Lipinski definition) is 3. The van der Waals surface area contributed by atoms with Crippen LogP contribution in [0, 0.1) is 0 Å². The second kappa shape index (κ2) is 8.66. The van der Waals surface area contributed by atoms with Crippen LogP contribution in [0.2, 0.25) is 0 Å². The van der Waals surface area contributed by atoms with Crippen LogP contribution in [0.25, 0.3) is 11.2 Å². The molecule has 0 aliphatic heterocycles. The minimum absolute atomic E-state index is 0.313. The molecule has 0 spiro atoms. The highest BCUT2D eigenvalue weighted by Crippen LogP contribution is 2.23. The summed E-state index contributed by atoms with van der Waals surface area (Å²) in [6, 6.07) is 15.2. The van der Waals surface area contributed by atoms with Crippen LogP contribution in [-0.2, 0) is 11.3 Å². The first-order valence-corrected chi connectivity index (χ1v) is 9.44. The maximum atomic E-state index is 6.11. The average Bonchev–Trinajstić information content (AvgIpc) is 3.13. The number of fused-ring (bicyclic) bond motifs is 1. The number of nitrogens with one attached hydrogen (secondary N) is 1. The van der Waals surface area contributed by atoms with E-state index in [1.165, 1.54) is 0 Å². The fraction of sp³-hybridized carbons (Fsp3) is 0.190. The third-order valence-corrected chi connectivity index (χ3v) is 4.46. The standard InChI is InChI=1S/C21H23N7O2/c1-29-9-10-30-17-7-5-16(6-8-17)25-21-26-19(23)18-20(27-21)28(13-24-18)12-14-3-2-4-15(22)11-14/h2-8,11,13H,9-10,12,22H2,1H3,(H3,23,25,26,27). The van der Waals surface area contributed by atoms with E-state index in [1.54, 1.807) is 13.4 Å². The van der Waals surface area contributed by atoms with E-state index in [0.29, 0.717) is 48.4 Å². The SMILES string of the molecule is COCCOc1ccc(Nc2nc(N)c3ncn(Cc4cccc(N)c4)c3n2)cc1. The normalized spacial score (nSPS) is 11.0. The molecule has 4 rings (SSSR count). The van der Waals surface area contributed by atoms with Crippen molar-refractivity contribution in [1.82, 2.24) is 19.5 Å². The Hall–Kier alpha value is -3.85. The summed E-state index contributed by atoms with van der Waals surface area (Å²) in [6.45, 7) is 1.61. The Morgan fingerprint density at radius 2 is 1.87 bits per heavy atom. The number of methoxy groups -OCH3 is 1. The number of hydrogen-bond acceptors (Lipinski definition) is 8. The molecule has 0 atom stereocenters. The molecule has 0 fully saturated rings. The van der Waals surface area contributed by atoms with Crippen molar-refractivity contribution in [2.24, 2.45) is 0 Å². The minimum atomic E-state index is 0.313. The molecule has 0 saturated heterocycles. The maximum Gasteiger partial charge on any atom is 0.231 e. The number of nitrogen functional groups attached to an aromatic ring is 2. The Bertz CT molecular complexity index is 1140. The van der Waals surface area contributed by atoms with Crippen LogP contribution in [-0.4, -0.2) is 39.8 Å². The van der Waals surface area contributed by atoms with Gasteiger partial charge < -0.3 is 30.8 Å². The Balaban J connectivity index is 1.54. The Morgan fingerprint density at radius 3 is 2.63 bits per heavy atom. The van der Waals surface area contributed by atoms with Crippen LogP contribution in [0.1, 0.15) is 5.56 Å².